The number of amides is 1. The summed E-state index contributed by atoms with van der Waals surface area (Å²) in [4.78, 5) is 40.3. The molecule has 0 spiro atoms. The molecular weight excluding hydrogens is 312 g/mol. The Morgan fingerprint density at radius 1 is 1.12 bits per heavy atom. The van der Waals surface area contributed by atoms with E-state index in [0.717, 1.165) is 43.4 Å². The summed E-state index contributed by atoms with van der Waals surface area (Å²) in [7, 11) is 0. The number of aliphatic hydroxyl groups is 1. The minimum atomic E-state index is -1.78. The highest BCUT2D eigenvalue weighted by Gasteiger charge is 2.40. The smallest absolute Gasteiger partial charge is 0.335 e. The number of H-pyrrole nitrogens is 1. The van der Waals surface area contributed by atoms with Gasteiger partial charge in [-0.2, -0.15) is 0 Å². The summed E-state index contributed by atoms with van der Waals surface area (Å²) >= 11 is 0. The normalized spacial score (nSPS) is 20.1. The van der Waals surface area contributed by atoms with E-state index in [0.29, 0.717) is 0 Å². The maximum Gasteiger partial charge on any atom is 0.335 e. The molecule has 1 aliphatic carbocycles. The Balaban J connectivity index is 1.80. The first-order chi connectivity index (χ1) is 11.4. The number of pyridine rings is 1. The largest absolute Gasteiger partial charge is 0.479 e. The molecule has 1 amide bonds. The fourth-order valence-corrected chi connectivity index (χ4v) is 3.47. The number of aromatic amines is 1. The van der Waals surface area contributed by atoms with Gasteiger partial charge in [0, 0.05) is 31.6 Å². The topological polar surface area (TPSA) is 111 Å². The predicted molar refractivity (Wildman–Crippen MR) is 86.0 cm³/mol. The molecule has 24 heavy (non-hydrogen) atoms. The first-order valence-corrected chi connectivity index (χ1v) is 8.41. The molecule has 0 bridgehead atoms. The quantitative estimate of drug-likeness (QED) is 0.689. The molecule has 1 aliphatic heterocycles. The number of aryl methyl sites for hydroxylation is 2. The molecule has 3 rings (SSSR count). The highest BCUT2D eigenvalue weighted by molar-refractivity contribution is 5.94. The van der Waals surface area contributed by atoms with Crippen LogP contribution in [0.25, 0.3) is 0 Å². The van der Waals surface area contributed by atoms with E-state index >= 15 is 0 Å². The lowest BCUT2D eigenvalue weighted by Crippen LogP contribution is -2.51. The maximum absolute atomic E-state index is 12.7. The molecule has 2 aliphatic rings. The van der Waals surface area contributed by atoms with Crippen LogP contribution in [0, 0.1) is 0 Å². The Hall–Kier alpha value is -2.15. The number of piperidine rings is 1. The number of aromatic nitrogens is 1. The minimum Gasteiger partial charge on any atom is -0.479 e. The summed E-state index contributed by atoms with van der Waals surface area (Å²) < 4.78 is 0. The number of aliphatic carboxylic acids is 1. The second-order valence-electron chi connectivity index (χ2n) is 6.71. The highest BCUT2D eigenvalue weighted by atomic mass is 16.4. The summed E-state index contributed by atoms with van der Waals surface area (Å²) in [5, 5.41) is 19.0. The molecule has 1 saturated heterocycles. The van der Waals surface area contributed by atoms with Crippen LogP contribution in [-0.4, -0.2) is 50.7 Å². The SMILES string of the molecule is O=C(c1cc2c([nH]c1=O)CCCCC2)N1CCC(O)(C(=O)O)CC1. The second-order valence-corrected chi connectivity index (χ2v) is 6.71. The number of likely N-dealkylation sites (tertiary alicyclic amines) is 1. The summed E-state index contributed by atoms with van der Waals surface area (Å²) in [6, 6.07) is 1.69. The van der Waals surface area contributed by atoms with Crippen LogP contribution in [0.2, 0.25) is 0 Å². The van der Waals surface area contributed by atoms with Gasteiger partial charge in [0.25, 0.3) is 11.5 Å². The lowest BCUT2D eigenvalue weighted by atomic mass is 9.91. The van der Waals surface area contributed by atoms with Crippen LogP contribution < -0.4 is 5.56 Å². The Bertz CT molecular complexity index is 716. The number of carboxylic acids is 1. The number of carboxylic acid groups (broad SMARTS) is 1. The van der Waals surface area contributed by atoms with Crippen molar-refractivity contribution in [2.75, 3.05) is 13.1 Å². The number of hydrogen-bond donors (Lipinski definition) is 3. The molecule has 0 atom stereocenters. The Labute approximate surface area is 139 Å². The first kappa shape index (κ1) is 16.7. The first-order valence-electron chi connectivity index (χ1n) is 8.41. The molecule has 1 aromatic heterocycles. The van der Waals surface area contributed by atoms with Gasteiger partial charge < -0.3 is 20.1 Å². The third-order valence-electron chi connectivity index (χ3n) is 5.09. The van der Waals surface area contributed by atoms with E-state index in [-0.39, 0.29) is 37.1 Å². The van der Waals surface area contributed by atoms with Crippen LogP contribution in [0.4, 0.5) is 0 Å². The third-order valence-corrected chi connectivity index (χ3v) is 5.09. The molecule has 1 aromatic rings. The van der Waals surface area contributed by atoms with Crippen molar-refractivity contribution >= 4 is 11.9 Å². The fourth-order valence-electron chi connectivity index (χ4n) is 3.47. The van der Waals surface area contributed by atoms with Crippen molar-refractivity contribution in [2.24, 2.45) is 0 Å². The van der Waals surface area contributed by atoms with Crippen molar-refractivity contribution in [2.45, 2.75) is 50.5 Å². The van der Waals surface area contributed by atoms with Gasteiger partial charge >= 0.3 is 5.97 Å². The van der Waals surface area contributed by atoms with Gasteiger partial charge in [-0.1, -0.05) is 6.42 Å². The zero-order valence-electron chi connectivity index (χ0n) is 13.5. The van der Waals surface area contributed by atoms with Crippen LogP contribution in [-0.2, 0) is 17.6 Å². The zero-order valence-corrected chi connectivity index (χ0v) is 13.5. The number of nitrogens with zero attached hydrogens (tertiary/aromatic N) is 1. The van der Waals surface area contributed by atoms with Crippen molar-refractivity contribution in [1.82, 2.24) is 9.88 Å². The lowest BCUT2D eigenvalue weighted by Gasteiger charge is -2.35. The van der Waals surface area contributed by atoms with Crippen molar-refractivity contribution in [3.8, 4) is 0 Å². The third kappa shape index (κ3) is 3.08. The highest BCUT2D eigenvalue weighted by Crippen LogP contribution is 2.24. The average molecular weight is 334 g/mol. The van der Waals surface area contributed by atoms with Gasteiger partial charge in [0.1, 0.15) is 5.56 Å². The van der Waals surface area contributed by atoms with E-state index in [9.17, 15) is 19.5 Å². The number of hydrogen-bond acceptors (Lipinski definition) is 4. The Kier molecular flexibility index (Phi) is 4.45. The molecule has 3 N–H and O–H groups in total. The van der Waals surface area contributed by atoms with Crippen molar-refractivity contribution < 1.29 is 19.8 Å². The molecule has 0 radical (unpaired) electrons. The summed E-state index contributed by atoms with van der Waals surface area (Å²) in [5.41, 5.74) is -0.115. The van der Waals surface area contributed by atoms with E-state index in [2.05, 4.69) is 4.98 Å². The van der Waals surface area contributed by atoms with Gasteiger partial charge in [-0.3, -0.25) is 9.59 Å². The van der Waals surface area contributed by atoms with Gasteiger partial charge in [0.15, 0.2) is 5.60 Å². The fraction of sp³-hybridized carbons (Fsp3) is 0.588. The second kappa shape index (κ2) is 6.39. The number of fused-ring (bicyclic) bond motifs is 1. The van der Waals surface area contributed by atoms with Gasteiger partial charge in [-0.05, 0) is 37.3 Å². The van der Waals surface area contributed by atoms with Crippen molar-refractivity contribution in [1.29, 1.82) is 0 Å². The Morgan fingerprint density at radius 2 is 1.79 bits per heavy atom. The van der Waals surface area contributed by atoms with Crippen LogP contribution in [0.15, 0.2) is 10.9 Å². The van der Waals surface area contributed by atoms with E-state index in [1.165, 1.54) is 4.90 Å². The molecule has 0 saturated carbocycles. The molecule has 0 unspecified atom stereocenters. The van der Waals surface area contributed by atoms with Crippen molar-refractivity contribution in [3.05, 3.63) is 33.2 Å². The van der Waals surface area contributed by atoms with Crippen molar-refractivity contribution in [3.63, 3.8) is 0 Å². The summed E-state index contributed by atoms with van der Waals surface area (Å²) in [6.07, 6.45) is 4.81. The molecule has 0 aromatic carbocycles. The minimum absolute atomic E-state index is 0.0308. The van der Waals surface area contributed by atoms with Crippen LogP contribution in [0.5, 0.6) is 0 Å². The molecule has 7 nitrogen and oxygen atoms in total. The van der Waals surface area contributed by atoms with Gasteiger partial charge in [0.05, 0.1) is 0 Å². The van der Waals surface area contributed by atoms with Gasteiger partial charge in [0.2, 0.25) is 0 Å². The molecule has 1 fully saturated rings. The molecular formula is C17H22N2O5. The maximum atomic E-state index is 12.7. The van der Waals surface area contributed by atoms with E-state index in [4.69, 9.17) is 5.11 Å². The van der Waals surface area contributed by atoms with E-state index in [1.807, 2.05) is 0 Å². The van der Waals surface area contributed by atoms with Crippen LogP contribution in [0.1, 0.15) is 53.7 Å². The number of carbonyl (C=O) groups excluding carboxylic acids is 1. The standard InChI is InChI=1S/C17H22N2O5/c20-14-12(10-11-4-2-1-3-5-13(11)18-14)15(21)19-8-6-17(24,7-9-19)16(22)23/h10,24H,1-9H2,(H,18,20)(H,22,23). The molecule has 2 heterocycles. The summed E-state index contributed by atoms with van der Waals surface area (Å²) in [6.45, 7) is 0.246. The van der Waals surface area contributed by atoms with E-state index < -0.39 is 17.5 Å². The van der Waals surface area contributed by atoms with Gasteiger partial charge in [-0.15, -0.1) is 0 Å². The molecule has 7 heteroatoms. The number of rotatable bonds is 2. The average Bonchev–Trinajstić information content (AvgIpc) is 2.79. The molecule has 130 valence electrons. The van der Waals surface area contributed by atoms with E-state index in [1.54, 1.807) is 6.07 Å². The Morgan fingerprint density at radius 3 is 2.46 bits per heavy atom. The van der Waals surface area contributed by atoms with Crippen LogP contribution >= 0.6 is 0 Å². The lowest BCUT2D eigenvalue weighted by molar-refractivity contribution is -0.162. The summed E-state index contributed by atoms with van der Waals surface area (Å²) in [5.74, 6) is -1.66. The zero-order chi connectivity index (χ0) is 17.3. The predicted octanol–water partition coefficient (Wildman–Crippen LogP) is 0.695. The monoisotopic (exact) mass is 334 g/mol. The number of carbonyl (C=O) groups is 2. The van der Waals surface area contributed by atoms with Gasteiger partial charge in [-0.25, -0.2) is 4.79 Å². The van der Waals surface area contributed by atoms with Crippen LogP contribution in [0.3, 0.4) is 0 Å². The number of nitrogens with one attached hydrogen (secondary N) is 1.